The molecule has 0 radical (unpaired) electrons. The first-order valence-electron chi connectivity index (χ1n) is 9.35. The Morgan fingerprint density at radius 1 is 0.630 bits per heavy atom. The topological polar surface area (TPSA) is 0 Å². The van der Waals surface area contributed by atoms with Crippen LogP contribution in [0.25, 0.3) is 11.1 Å². The average Bonchev–Trinajstić information content (AvgIpc) is 2.73. The van der Waals surface area contributed by atoms with Crippen LogP contribution in [-0.4, -0.2) is 16.0 Å². The van der Waals surface area contributed by atoms with E-state index in [1.54, 1.807) is 0 Å². The molecule has 130 valence electrons. The van der Waals surface area contributed by atoms with Gasteiger partial charge in [0.2, 0.25) is 0 Å². The molecule has 0 aliphatic heterocycles. The van der Waals surface area contributed by atoms with Crippen LogP contribution in [0.15, 0.2) is 97.1 Å². The van der Waals surface area contributed by atoms with E-state index in [2.05, 4.69) is 113 Å². The van der Waals surface area contributed by atoms with Gasteiger partial charge in [0.15, 0.2) is 0 Å². The summed E-state index contributed by atoms with van der Waals surface area (Å²) < 4.78 is 1.24. The predicted octanol–water partition coefficient (Wildman–Crippen LogP) is 4.96. The van der Waals surface area contributed by atoms with Gasteiger partial charge >= 0.3 is 169 Å². The third kappa shape index (κ3) is 2.94. The van der Waals surface area contributed by atoms with Gasteiger partial charge in [-0.2, -0.15) is 0 Å². The number of benzene rings is 4. The number of fused-ring (bicyclic) bond motifs is 2. The van der Waals surface area contributed by atoms with Crippen LogP contribution in [0.4, 0.5) is 0 Å². The fourth-order valence-corrected chi connectivity index (χ4v) is 4.64. The van der Waals surface area contributed by atoms with Crippen LogP contribution in [0, 0.1) is 0 Å². The monoisotopic (exact) mass is 412 g/mol. The number of hydrogen-bond acceptors (Lipinski definition) is 0. The molecule has 0 spiro atoms. The minimum absolute atomic E-state index is 0.277. The van der Waals surface area contributed by atoms with Crippen molar-refractivity contribution in [2.45, 2.75) is 12.3 Å². The molecular weight excluding hydrogens is 391 g/mol. The van der Waals surface area contributed by atoms with Gasteiger partial charge in [0.25, 0.3) is 0 Å². The van der Waals surface area contributed by atoms with E-state index in [0.717, 1.165) is 6.42 Å². The third-order valence-corrected chi connectivity index (χ3v) is 6.17. The van der Waals surface area contributed by atoms with Gasteiger partial charge in [0, 0.05) is 0 Å². The zero-order valence-electron chi connectivity index (χ0n) is 15.0. The van der Waals surface area contributed by atoms with Crippen molar-refractivity contribution in [3.05, 3.63) is 125 Å². The molecule has 0 saturated carbocycles. The number of hydrogen-bond donors (Lipinski definition) is 0. The Balaban J connectivity index is 1.79. The molecule has 0 saturated heterocycles. The summed E-state index contributed by atoms with van der Waals surface area (Å²) >= 11 is 2.62. The van der Waals surface area contributed by atoms with Crippen molar-refractivity contribution in [3.63, 3.8) is 0 Å². The maximum atomic E-state index is 2.62. The van der Waals surface area contributed by atoms with E-state index in [4.69, 9.17) is 0 Å². The van der Waals surface area contributed by atoms with E-state index in [0.29, 0.717) is 0 Å². The van der Waals surface area contributed by atoms with Crippen molar-refractivity contribution < 1.29 is 0 Å². The van der Waals surface area contributed by atoms with Crippen LogP contribution < -0.4 is 4.46 Å². The molecule has 5 rings (SSSR count). The van der Waals surface area contributed by atoms with Crippen molar-refractivity contribution in [1.82, 2.24) is 0 Å². The molecule has 1 atom stereocenters. The van der Waals surface area contributed by atoms with E-state index in [1.807, 2.05) is 0 Å². The van der Waals surface area contributed by atoms with E-state index < -0.39 is 0 Å². The first-order valence-corrected chi connectivity index (χ1v) is 10.3. The molecular formula is C26H20Se. The van der Waals surface area contributed by atoms with E-state index >= 15 is 0 Å². The summed E-state index contributed by atoms with van der Waals surface area (Å²) in [6.45, 7) is 0. The normalized spacial score (nSPS) is 15.1. The molecule has 0 aromatic heterocycles. The average molecular weight is 411 g/mol. The first kappa shape index (κ1) is 16.6. The predicted molar refractivity (Wildman–Crippen MR) is 115 cm³/mol. The molecule has 0 nitrogen and oxygen atoms in total. The van der Waals surface area contributed by atoms with Gasteiger partial charge < -0.3 is 0 Å². The fourth-order valence-electron chi connectivity index (χ4n) is 4.33. The van der Waals surface area contributed by atoms with Crippen molar-refractivity contribution in [2.24, 2.45) is 0 Å². The van der Waals surface area contributed by atoms with Crippen molar-refractivity contribution in [3.8, 4) is 11.1 Å². The maximum absolute atomic E-state index is 2.62. The molecule has 4 aromatic carbocycles. The summed E-state index contributed by atoms with van der Waals surface area (Å²) in [6, 6.07) is 35.5. The van der Waals surface area contributed by atoms with Crippen LogP contribution in [0.2, 0.25) is 0 Å². The summed E-state index contributed by atoms with van der Waals surface area (Å²) in [7, 11) is 0. The second-order valence-corrected chi connectivity index (χ2v) is 8.23. The van der Waals surface area contributed by atoms with Crippen LogP contribution in [0.1, 0.15) is 33.7 Å². The Kier molecular flexibility index (Phi) is 4.20. The Bertz CT molecular complexity index is 1090. The molecule has 1 unspecified atom stereocenters. The minimum atomic E-state index is 0.277. The Morgan fingerprint density at radius 2 is 1.33 bits per heavy atom. The number of rotatable bonds is 2. The second-order valence-electron chi connectivity index (χ2n) is 7.14. The van der Waals surface area contributed by atoms with Crippen molar-refractivity contribution in [2.75, 3.05) is 0 Å². The molecule has 4 aromatic rings. The molecule has 1 aliphatic rings. The summed E-state index contributed by atoms with van der Waals surface area (Å²) in [4.78, 5) is 0. The van der Waals surface area contributed by atoms with Crippen molar-refractivity contribution in [1.29, 1.82) is 0 Å². The summed E-state index contributed by atoms with van der Waals surface area (Å²) in [6.07, 6.45) is 1.01. The summed E-state index contributed by atoms with van der Waals surface area (Å²) in [5.74, 6) is 0.277. The molecule has 27 heavy (non-hydrogen) atoms. The van der Waals surface area contributed by atoms with Crippen LogP contribution >= 0.6 is 0 Å². The quantitative estimate of drug-likeness (QED) is 0.360. The van der Waals surface area contributed by atoms with Crippen LogP contribution in [-0.2, 0) is 6.42 Å². The van der Waals surface area contributed by atoms with Gasteiger partial charge in [0.1, 0.15) is 0 Å². The van der Waals surface area contributed by atoms with Gasteiger partial charge in [-0.3, -0.25) is 0 Å². The third-order valence-electron chi connectivity index (χ3n) is 5.54. The molecule has 0 fully saturated rings. The van der Waals surface area contributed by atoms with E-state index in [9.17, 15) is 0 Å². The molecule has 0 amide bonds. The molecule has 0 heterocycles. The molecule has 0 N–H and O–H groups in total. The molecule has 1 aliphatic carbocycles. The zero-order valence-corrected chi connectivity index (χ0v) is 16.8. The summed E-state index contributed by atoms with van der Waals surface area (Å²) in [5.41, 5.74) is 9.79. The second kappa shape index (κ2) is 6.85. The zero-order chi connectivity index (χ0) is 18.2. The fraction of sp³-hybridized carbons (Fsp3) is 0.0769. The van der Waals surface area contributed by atoms with Gasteiger partial charge in [-0.25, -0.2) is 0 Å². The van der Waals surface area contributed by atoms with Crippen molar-refractivity contribution >= 4 is 20.5 Å². The van der Waals surface area contributed by atoms with Gasteiger partial charge in [0.05, 0.1) is 0 Å². The van der Waals surface area contributed by atoms with E-state index in [1.165, 1.54) is 43.4 Å². The van der Waals surface area contributed by atoms with Crippen LogP contribution in [0.3, 0.4) is 0 Å². The Morgan fingerprint density at radius 3 is 2.15 bits per heavy atom. The molecule has 0 bridgehead atoms. The Labute approximate surface area is 168 Å². The first-order chi connectivity index (χ1) is 13.3. The van der Waals surface area contributed by atoms with Gasteiger partial charge in [-0.15, -0.1) is 0 Å². The standard InChI is InChI=1S/C26H20Se/c27-22-15-13-18(14-16-22)23-12-6-10-21-17-20-9-4-5-11-24(20)25(26(21)23)19-7-2-1-3-8-19/h1-16,25,27H,17H2. The summed E-state index contributed by atoms with van der Waals surface area (Å²) in [5, 5.41) is 0. The van der Waals surface area contributed by atoms with E-state index in [-0.39, 0.29) is 5.92 Å². The molecule has 1 heteroatoms. The van der Waals surface area contributed by atoms with Crippen LogP contribution in [0.5, 0.6) is 0 Å². The van der Waals surface area contributed by atoms with Gasteiger partial charge in [-0.1, -0.05) is 0 Å². The SMILES string of the molecule is [SeH]c1ccc(-c2cccc3c2C(c2ccccc2)c2ccccc2C3)cc1. The Hall–Kier alpha value is -2.60. The van der Waals surface area contributed by atoms with Gasteiger partial charge in [-0.05, 0) is 0 Å².